The highest BCUT2D eigenvalue weighted by Gasteiger charge is 2.54. The molecule has 2 heterocycles. The molecule has 0 unspecified atom stereocenters. The molecule has 0 N–H and O–H groups in total. The molecular weight excluding hydrogens is 318 g/mol. The second-order valence-electron chi connectivity index (χ2n) is 8.90. The first-order chi connectivity index (χ1) is 11.7. The molecular formula is C20H23NO2S. The van der Waals surface area contributed by atoms with Gasteiger partial charge >= 0.3 is 5.63 Å². The standard InChI is InChI=1S/C20H23NO2S/c22-18-16-14-3-1-2-4-15(14)24-17(16)21-19(23-18)20-8-11-5-12(9-20)7-13(6-11)10-20/h11-13H,1-10H2. The van der Waals surface area contributed by atoms with Crippen LogP contribution >= 0.6 is 11.3 Å². The summed E-state index contributed by atoms with van der Waals surface area (Å²) in [4.78, 5) is 20.2. The quantitative estimate of drug-likeness (QED) is 0.761. The smallest absolute Gasteiger partial charge is 0.348 e. The van der Waals surface area contributed by atoms with Crippen LogP contribution in [-0.4, -0.2) is 4.98 Å². The predicted octanol–water partition coefficient (Wildman–Crippen LogP) is 4.60. The SMILES string of the molecule is O=c1oc(C23CC4CC(CC(C4)C2)C3)nc2sc3c(c12)CCCC3. The highest BCUT2D eigenvalue weighted by Crippen LogP contribution is 2.60. The average Bonchev–Trinajstić information content (AvgIpc) is 2.92. The van der Waals surface area contributed by atoms with Crippen LogP contribution in [0.1, 0.15) is 67.7 Å². The highest BCUT2D eigenvalue weighted by atomic mass is 32.1. The largest absolute Gasteiger partial charge is 0.407 e. The van der Waals surface area contributed by atoms with Gasteiger partial charge in [0.1, 0.15) is 10.2 Å². The van der Waals surface area contributed by atoms with Crippen LogP contribution in [0.25, 0.3) is 10.2 Å². The third-order valence-corrected chi connectivity index (χ3v) is 8.43. The van der Waals surface area contributed by atoms with Crippen molar-refractivity contribution in [3.05, 3.63) is 26.8 Å². The minimum atomic E-state index is -0.106. The van der Waals surface area contributed by atoms with E-state index in [1.54, 1.807) is 11.3 Å². The maximum absolute atomic E-state index is 12.8. The molecule has 4 heteroatoms. The van der Waals surface area contributed by atoms with Crippen LogP contribution < -0.4 is 5.63 Å². The van der Waals surface area contributed by atoms with Crippen molar-refractivity contribution in [2.45, 2.75) is 69.6 Å². The van der Waals surface area contributed by atoms with E-state index < -0.39 is 0 Å². The summed E-state index contributed by atoms with van der Waals surface area (Å²) in [5.74, 6) is 3.32. The number of fused-ring (bicyclic) bond motifs is 3. The zero-order valence-corrected chi connectivity index (χ0v) is 14.8. The fourth-order valence-corrected chi connectivity index (χ4v) is 7.94. The Labute approximate surface area is 145 Å². The van der Waals surface area contributed by atoms with Gasteiger partial charge in [-0.2, -0.15) is 0 Å². The summed E-state index contributed by atoms with van der Waals surface area (Å²) >= 11 is 1.76. The molecule has 3 nitrogen and oxygen atoms in total. The van der Waals surface area contributed by atoms with Crippen molar-refractivity contribution in [1.29, 1.82) is 0 Å². The molecule has 4 bridgehead atoms. The first kappa shape index (κ1) is 14.1. The summed E-state index contributed by atoms with van der Waals surface area (Å²) in [5.41, 5.74) is 1.22. The number of thiophene rings is 1. The normalized spacial score (nSPS) is 37.1. The minimum Gasteiger partial charge on any atom is -0.407 e. The Hall–Kier alpha value is -1.16. The molecule has 2 aromatic rings. The summed E-state index contributed by atoms with van der Waals surface area (Å²) in [6, 6.07) is 0. The average molecular weight is 341 g/mol. The van der Waals surface area contributed by atoms with Crippen LogP contribution in [0.15, 0.2) is 9.21 Å². The lowest BCUT2D eigenvalue weighted by molar-refractivity contribution is -0.0192. The van der Waals surface area contributed by atoms with Gasteiger partial charge in [-0.15, -0.1) is 11.3 Å². The number of nitrogens with zero attached hydrogens (tertiary/aromatic N) is 1. The van der Waals surface area contributed by atoms with Gasteiger partial charge in [-0.3, -0.25) is 0 Å². The van der Waals surface area contributed by atoms with Crippen LogP contribution in [0.2, 0.25) is 0 Å². The molecule has 0 aliphatic heterocycles. The molecule has 5 aliphatic rings. The van der Waals surface area contributed by atoms with Gasteiger partial charge in [-0.1, -0.05) is 0 Å². The fraction of sp³-hybridized carbons (Fsp3) is 0.700. The summed E-state index contributed by atoms with van der Waals surface area (Å²) in [6.07, 6.45) is 12.4. The van der Waals surface area contributed by atoms with Crippen LogP contribution in [0.5, 0.6) is 0 Å². The number of aromatic nitrogens is 1. The van der Waals surface area contributed by atoms with Crippen molar-refractivity contribution in [1.82, 2.24) is 4.98 Å². The van der Waals surface area contributed by atoms with Gasteiger partial charge < -0.3 is 4.42 Å². The Morgan fingerprint density at radius 3 is 2.38 bits per heavy atom. The van der Waals surface area contributed by atoms with Crippen molar-refractivity contribution in [3.63, 3.8) is 0 Å². The molecule has 0 radical (unpaired) electrons. The Balaban J connectivity index is 1.52. The highest BCUT2D eigenvalue weighted by molar-refractivity contribution is 7.18. The molecule has 2 aromatic heterocycles. The summed E-state index contributed by atoms with van der Waals surface area (Å²) in [5, 5.41) is 0.808. The lowest BCUT2D eigenvalue weighted by atomic mass is 9.49. The first-order valence-corrected chi connectivity index (χ1v) is 10.5. The molecule has 126 valence electrons. The summed E-state index contributed by atoms with van der Waals surface area (Å²) in [6.45, 7) is 0. The molecule has 7 rings (SSSR count). The Bertz CT molecular complexity index is 858. The number of hydrogen-bond donors (Lipinski definition) is 0. The maximum atomic E-state index is 12.8. The molecule has 0 saturated heterocycles. The van der Waals surface area contributed by atoms with E-state index in [1.165, 1.54) is 61.8 Å². The van der Waals surface area contributed by atoms with E-state index in [0.29, 0.717) is 0 Å². The summed E-state index contributed by atoms with van der Waals surface area (Å²) in [7, 11) is 0. The van der Waals surface area contributed by atoms with Gasteiger partial charge in [0.25, 0.3) is 0 Å². The second-order valence-corrected chi connectivity index (χ2v) is 9.98. The molecule has 0 amide bonds. The van der Waals surface area contributed by atoms with Gasteiger partial charge in [0.05, 0.1) is 0 Å². The van der Waals surface area contributed by atoms with Gasteiger partial charge in [-0.05, 0) is 87.5 Å². The van der Waals surface area contributed by atoms with Gasteiger partial charge in [0.15, 0.2) is 0 Å². The van der Waals surface area contributed by atoms with Gasteiger partial charge in [0.2, 0.25) is 5.89 Å². The predicted molar refractivity (Wildman–Crippen MR) is 94.6 cm³/mol. The molecule has 0 atom stereocenters. The zero-order chi connectivity index (χ0) is 15.9. The van der Waals surface area contributed by atoms with E-state index in [0.717, 1.165) is 46.7 Å². The monoisotopic (exact) mass is 341 g/mol. The lowest BCUT2D eigenvalue weighted by Crippen LogP contribution is -2.49. The second kappa shape index (κ2) is 4.72. The Morgan fingerprint density at radius 1 is 1.00 bits per heavy atom. The fourth-order valence-electron chi connectivity index (χ4n) is 6.69. The minimum absolute atomic E-state index is 0.0760. The number of rotatable bonds is 1. The Morgan fingerprint density at radius 2 is 1.67 bits per heavy atom. The van der Waals surface area contributed by atoms with Crippen molar-refractivity contribution in [2.75, 3.05) is 0 Å². The molecule has 4 saturated carbocycles. The van der Waals surface area contributed by atoms with Crippen LogP contribution in [0.3, 0.4) is 0 Å². The maximum Gasteiger partial charge on any atom is 0.348 e. The third-order valence-electron chi connectivity index (χ3n) is 7.24. The van der Waals surface area contributed by atoms with E-state index in [9.17, 15) is 4.79 Å². The summed E-state index contributed by atoms with van der Waals surface area (Å²) < 4.78 is 5.94. The van der Waals surface area contributed by atoms with Crippen LogP contribution in [0, 0.1) is 17.8 Å². The number of aryl methyl sites for hydroxylation is 2. The van der Waals surface area contributed by atoms with Crippen molar-refractivity contribution < 1.29 is 4.42 Å². The lowest BCUT2D eigenvalue weighted by Gasteiger charge is -2.55. The van der Waals surface area contributed by atoms with Gasteiger partial charge in [0, 0.05) is 10.3 Å². The number of hydrogen-bond acceptors (Lipinski definition) is 4. The molecule has 4 fully saturated rings. The first-order valence-electron chi connectivity index (χ1n) is 9.66. The molecule has 0 spiro atoms. The van der Waals surface area contributed by atoms with Crippen LogP contribution in [0.4, 0.5) is 0 Å². The van der Waals surface area contributed by atoms with Crippen molar-refractivity contribution in [2.24, 2.45) is 17.8 Å². The third kappa shape index (κ3) is 1.84. The Kier molecular flexibility index (Phi) is 2.76. The van der Waals surface area contributed by atoms with E-state index in [-0.39, 0.29) is 11.0 Å². The van der Waals surface area contributed by atoms with E-state index in [4.69, 9.17) is 9.40 Å². The topological polar surface area (TPSA) is 43.1 Å². The molecule has 0 aromatic carbocycles. The van der Waals surface area contributed by atoms with E-state index in [1.807, 2.05) is 0 Å². The molecule has 24 heavy (non-hydrogen) atoms. The van der Waals surface area contributed by atoms with Crippen molar-refractivity contribution in [3.8, 4) is 0 Å². The zero-order valence-electron chi connectivity index (χ0n) is 14.0. The molecule has 5 aliphatic carbocycles. The van der Waals surface area contributed by atoms with Gasteiger partial charge in [-0.25, -0.2) is 9.78 Å². The van der Waals surface area contributed by atoms with Crippen LogP contribution in [-0.2, 0) is 18.3 Å². The van der Waals surface area contributed by atoms with E-state index in [2.05, 4.69) is 0 Å². The van der Waals surface area contributed by atoms with E-state index >= 15 is 0 Å². The van der Waals surface area contributed by atoms with Crippen molar-refractivity contribution >= 4 is 21.6 Å².